The van der Waals surface area contributed by atoms with E-state index in [9.17, 15) is 9.90 Å². The van der Waals surface area contributed by atoms with Crippen molar-refractivity contribution in [2.24, 2.45) is 0 Å². The SMILES string of the molecule is CCCNC(C)(CCCN1CCOC(C)(C)C1)C(=O)O. The number of nitrogens with zero attached hydrogens (tertiary/aromatic N) is 1. The second kappa shape index (κ2) is 7.38. The quantitative estimate of drug-likeness (QED) is 0.711. The van der Waals surface area contributed by atoms with Crippen LogP contribution in [0.4, 0.5) is 0 Å². The maximum Gasteiger partial charge on any atom is 0.323 e. The zero-order valence-electron chi connectivity index (χ0n) is 13.4. The van der Waals surface area contributed by atoms with E-state index in [1.807, 2.05) is 6.92 Å². The number of nitrogens with one attached hydrogen (secondary N) is 1. The zero-order chi connectivity index (χ0) is 15.2. The summed E-state index contributed by atoms with van der Waals surface area (Å²) in [4.78, 5) is 13.8. The molecule has 0 radical (unpaired) electrons. The van der Waals surface area contributed by atoms with Gasteiger partial charge in [0.05, 0.1) is 12.2 Å². The summed E-state index contributed by atoms with van der Waals surface area (Å²) in [5.74, 6) is -0.756. The lowest BCUT2D eigenvalue weighted by atomic mass is 9.95. The van der Waals surface area contributed by atoms with Gasteiger partial charge in [0.15, 0.2) is 0 Å². The maximum absolute atomic E-state index is 11.4. The molecule has 20 heavy (non-hydrogen) atoms. The van der Waals surface area contributed by atoms with Crippen molar-refractivity contribution in [3.8, 4) is 0 Å². The Morgan fingerprint density at radius 1 is 1.50 bits per heavy atom. The second-order valence-electron chi connectivity index (χ2n) is 6.55. The highest BCUT2D eigenvalue weighted by Gasteiger charge is 2.32. The summed E-state index contributed by atoms with van der Waals surface area (Å²) in [6.45, 7) is 12.3. The highest BCUT2D eigenvalue weighted by Crippen LogP contribution is 2.18. The minimum Gasteiger partial charge on any atom is -0.480 e. The Morgan fingerprint density at radius 3 is 2.75 bits per heavy atom. The summed E-state index contributed by atoms with van der Waals surface area (Å²) in [5.41, 5.74) is -0.896. The molecular formula is C15H30N2O3. The van der Waals surface area contributed by atoms with Crippen molar-refractivity contribution < 1.29 is 14.6 Å². The maximum atomic E-state index is 11.4. The van der Waals surface area contributed by atoms with Gasteiger partial charge in [-0.2, -0.15) is 0 Å². The van der Waals surface area contributed by atoms with Gasteiger partial charge in [0.25, 0.3) is 0 Å². The van der Waals surface area contributed by atoms with Gasteiger partial charge in [-0.05, 0) is 53.1 Å². The topological polar surface area (TPSA) is 61.8 Å². The third-order valence-electron chi connectivity index (χ3n) is 3.89. The van der Waals surface area contributed by atoms with Crippen molar-refractivity contribution in [1.29, 1.82) is 0 Å². The van der Waals surface area contributed by atoms with E-state index in [1.165, 1.54) is 0 Å². The van der Waals surface area contributed by atoms with Gasteiger partial charge >= 0.3 is 5.97 Å². The lowest BCUT2D eigenvalue weighted by molar-refractivity contribution is -0.144. The fraction of sp³-hybridized carbons (Fsp3) is 0.933. The van der Waals surface area contributed by atoms with Crippen LogP contribution in [0.1, 0.15) is 47.0 Å². The molecule has 118 valence electrons. The second-order valence-corrected chi connectivity index (χ2v) is 6.55. The van der Waals surface area contributed by atoms with Crippen molar-refractivity contribution >= 4 is 5.97 Å². The van der Waals surface area contributed by atoms with Crippen LogP contribution in [0.25, 0.3) is 0 Å². The minimum atomic E-state index is -0.808. The third kappa shape index (κ3) is 5.38. The van der Waals surface area contributed by atoms with Gasteiger partial charge in [0.1, 0.15) is 5.54 Å². The molecule has 0 bridgehead atoms. The summed E-state index contributed by atoms with van der Waals surface area (Å²) in [5, 5.41) is 12.5. The van der Waals surface area contributed by atoms with Crippen molar-refractivity contribution in [3.63, 3.8) is 0 Å². The summed E-state index contributed by atoms with van der Waals surface area (Å²) in [6, 6.07) is 0. The molecule has 0 spiro atoms. The fourth-order valence-electron chi connectivity index (χ4n) is 2.63. The van der Waals surface area contributed by atoms with Gasteiger partial charge in [-0.15, -0.1) is 0 Å². The zero-order valence-corrected chi connectivity index (χ0v) is 13.4. The van der Waals surface area contributed by atoms with Gasteiger partial charge in [0, 0.05) is 13.1 Å². The first-order valence-corrected chi connectivity index (χ1v) is 7.64. The van der Waals surface area contributed by atoms with Crippen LogP contribution < -0.4 is 5.32 Å². The van der Waals surface area contributed by atoms with E-state index in [0.29, 0.717) is 6.42 Å². The molecule has 1 fully saturated rings. The largest absolute Gasteiger partial charge is 0.480 e. The predicted molar refractivity (Wildman–Crippen MR) is 80.0 cm³/mol. The molecule has 0 aromatic carbocycles. The van der Waals surface area contributed by atoms with Crippen LogP contribution in [0, 0.1) is 0 Å². The van der Waals surface area contributed by atoms with Gasteiger partial charge in [-0.1, -0.05) is 6.92 Å². The van der Waals surface area contributed by atoms with E-state index in [2.05, 4.69) is 24.1 Å². The Morgan fingerprint density at radius 2 is 2.20 bits per heavy atom. The first-order valence-electron chi connectivity index (χ1n) is 7.64. The normalized spacial score (nSPS) is 22.4. The fourth-order valence-corrected chi connectivity index (χ4v) is 2.63. The molecule has 0 aromatic heterocycles. The number of hydrogen-bond donors (Lipinski definition) is 2. The Bertz CT molecular complexity index is 320. The molecule has 1 saturated heterocycles. The summed E-state index contributed by atoms with van der Waals surface area (Å²) < 4.78 is 5.69. The third-order valence-corrected chi connectivity index (χ3v) is 3.89. The first kappa shape index (κ1) is 17.4. The number of ether oxygens (including phenoxy) is 1. The molecule has 1 heterocycles. The number of carbonyl (C=O) groups is 1. The Labute approximate surface area is 122 Å². The molecule has 0 aliphatic carbocycles. The molecular weight excluding hydrogens is 256 g/mol. The molecule has 1 aliphatic rings. The van der Waals surface area contributed by atoms with Crippen LogP contribution in [0.5, 0.6) is 0 Å². The number of morpholine rings is 1. The Hall–Kier alpha value is -0.650. The van der Waals surface area contributed by atoms with Crippen LogP contribution in [0.3, 0.4) is 0 Å². The number of aliphatic carboxylic acids is 1. The van der Waals surface area contributed by atoms with Gasteiger partial charge in [-0.25, -0.2) is 0 Å². The van der Waals surface area contributed by atoms with Crippen LogP contribution >= 0.6 is 0 Å². The van der Waals surface area contributed by atoms with Crippen molar-refractivity contribution in [3.05, 3.63) is 0 Å². The number of carboxylic acid groups (broad SMARTS) is 1. The molecule has 1 rings (SSSR count). The molecule has 0 amide bonds. The van der Waals surface area contributed by atoms with Crippen LogP contribution in [0.2, 0.25) is 0 Å². The number of carboxylic acids is 1. The molecule has 2 N–H and O–H groups in total. The van der Waals surface area contributed by atoms with Crippen molar-refractivity contribution in [1.82, 2.24) is 10.2 Å². The minimum absolute atomic E-state index is 0.0885. The molecule has 0 aromatic rings. The monoisotopic (exact) mass is 286 g/mol. The van der Waals surface area contributed by atoms with E-state index < -0.39 is 11.5 Å². The van der Waals surface area contributed by atoms with Gasteiger partial charge in [0.2, 0.25) is 0 Å². The first-order chi connectivity index (χ1) is 9.29. The Kier molecular flexibility index (Phi) is 6.43. The van der Waals surface area contributed by atoms with E-state index in [1.54, 1.807) is 6.92 Å². The smallest absolute Gasteiger partial charge is 0.323 e. The highest BCUT2D eigenvalue weighted by atomic mass is 16.5. The molecule has 1 atom stereocenters. The van der Waals surface area contributed by atoms with Crippen LogP contribution in [-0.2, 0) is 9.53 Å². The molecule has 5 heteroatoms. The molecule has 5 nitrogen and oxygen atoms in total. The van der Waals surface area contributed by atoms with Crippen molar-refractivity contribution in [2.45, 2.75) is 58.1 Å². The van der Waals surface area contributed by atoms with Crippen LogP contribution in [0.15, 0.2) is 0 Å². The summed E-state index contributed by atoms with van der Waals surface area (Å²) >= 11 is 0. The molecule has 0 saturated carbocycles. The number of hydrogen-bond acceptors (Lipinski definition) is 4. The van der Waals surface area contributed by atoms with E-state index in [-0.39, 0.29) is 5.60 Å². The average Bonchev–Trinajstić information content (AvgIpc) is 2.35. The Balaban J connectivity index is 2.38. The average molecular weight is 286 g/mol. The summed E-state index contributed by atoms with van der Waals surface area (Å²) in [7, 11) is 0. The predicted octanol–water partition coefficient (Wildman–Crippen LogP) is 1.72. The lowest BCUT2D eigenvalue weighted by Crippen LogP contribution is -2.51. The molecule has 1 aliphatic heterocycles. The van der Waals surface area contributed by atoms with E-state index in [4.69, 9.17) is 4.74 Å². The van der Waals surface area contributed by atoms with E-state index >= 15 is 0 Å². The van der Waals surface area contributed by atoms with Gasteiger partial charge in [-0.3, -0.25) is 9.69 Å². The summed E-state index contributed by atoms with van der Waals surface area (Å²) in [6.07, 6.45) is 2.48. The van der Waals surface area contributed by atoms with Gasteiger partial charge < -0.3 is 15.2 Å². The number of rotatable bonds is 8. The standard InChI is InChI=1S/C15H30N2O3/c1-5-8-16-15(4,13(18)19)7-6-9-17-10-11-20-14(2,3)12-17/h16H,5-12H2,1-4H3,(H,18,19). The highest BCUT2D eigenvalue weighted by molar-refractivity contribution is 5.78. The lowest BCUT2D eigenvalue weighted by Gasteiger charge is -2.38. The van der Waals surface area contributed by atoms with E-state index in [0.717, 1.165) is 45.6 Å². The van der Waals surface area contributed by atoms with Crippen LogP contribution in [-0.4, -0.2) is 59.9 Å². The van der Waals surface area contributed by atoms with Crippen molar-refractivity contribution in [2.75, 3.05) is 32.8 Å². The molecule has 1 unspecified atom stereocenters.